The van der Waals surface area contributed by atoms with Crippen molar-refractivity contribution < 1.29 is 5.48 Å². The van der Waals surface area contributed by atoms with Gasteiger partial charge in [0, 0.05) is 4.47 Å². The Morgan fingerprint density at radius 2 is 1.59 bits per heavy atom. The highest BCUT2D eigenvalue weighted by Gasteiger charge is 2.05. The minimum absolute atomic E-state index is 0.0285. The summed E-state index contributed by atoms with van der Waals surface area (Å²) in [5, 5.41) is 2.00. The van der Waals surface area contributed by atoms with Crippen molar-refractivity contribution in [1.29, 1.82) is 0 Å². The molecule has 1 heteroatoms. The first kappa shape index (κ1) is 6.97. The van der Waals surface area contributed by atoms with Gasteiger partial charge >= 0.3 is 0 Å². The summed E-state index contributed by atoms with van der Waals surface area (Å²) in [5.41, 5.74) is 1.30. The Bertz CT molecular complexity index is 824. The molecule has 0 amide bonds. The van der Waals surface area contributed by atoms with Gasteiger partial charge < -0.3 is 0 Å². The van der Waals surface area contributed by atoms with Crippen molar-refractivity contribution in [3.8, 4) is 11.1 Å². The molecule has 0 aliphatic rings. The van der Waals surface area contributed by atoms with Crippen LogP contribution in [0.2, 0.25) is 0 Å². The molecule has 0 bridgehead atoms. The van der Waals surface area contributed by atoms with Gasteiger partial charge in [0.25, 0.3) is 0 Å². The summed E-state index contributed by atoms with van der Waals surface area (Å²) in [6, 6.07) is 13.0. The lowest BCUT2D eigenvalue weighted by Crippen LogP contribution is -1.82. The molecule has 0 unspecified atom stereocenters. The number of benzene rings is 3. The van der Waals surface area contributed by atoms with Gasteiger partial charge in [-0.3, -0.25) is 0 Å². The number of halogens is 1. The Balaban J connectivity index is 2.44. The van der Waals surface area contributed by atoms with Gasteiger partial charge in [-0.05, 0) is 27.9 Å². The topological polar surface area (TPSA) is 0 Å². The normalized spacial score (nSPS) is 13.9. The smallest absolute Gasteiger partial charge is 0.0616 e. The largest absolute Gasteiger partial charge is 0.0635 e. The van der Waals surface area contributed by atoms with Crippen LogP contribution in [0.4, 0.5) is 0 Å². The molecule has 0 heterocycles. The summed E-state index contributed by atoms with van der Waals surface area (Å²) in [4.78, 5) is 0. The molecule has 0 nitrogen and oxygen atoms in total. The Morgan fingerprint density at radius 1 is 0.824 bits per heavy atom. The lowest BCUT2D eigenvalue weighted by molar-refractivity contribution is 1.61. The third kappa shape index (κ3) is 1.87. The molecule has 0 atom stereocenters. The molecule has 0 saturated heterocycles. The van der Waals surface area contributed by atoms with Gasteiger partial charge in [0.2, 0.25) is 0 Å². The van der Waals surface area contributed by atoms with Crippen molar-refractivity contribution in [2.75, 3.05) is 0 Å². The van der Waals surface area contributed by atoms with Crippen LogP contribution in [-0.2, 0) is 0 Å². The first-order chi connectivity index (χ1) is 10.0. The average Bonchev–Trinajstić information content (AvgIpc) is 2.51. The van der Waals surface area contributed by atoms with E-state index in [1.54, 1.807) is 0 Å². The van der Waals surface area contributed by atoms with E-state index in [1.165, 1.54) is 0 Å². The fraction of sp³-hybridized carbons (Fsp3) is 0. The first-order valence-electron chi connectivity index (χ1n) is 7.26. The summed E-state index contributed by atoms with van der Waals surface area (Å²) in [6.45, 7) is 0. The van der Waals surface area contributed by atoms with Crippen LogP contribution >= 0.6 is 15.9 Å². The van der Waals surface area contributed by atoms with E-state index in [0.717, 1.165) is 16.3 Å². The second-order valence-electron chi connectivity index (χ2n) is 3.72. The molecule has 0 aliphatic heterocycles. The predicted molar refractivity (Wildman–Crippen MR) is 77.1 cm³/mol. The van der Waals surface area contributed by atoms with E-state index in [-0.39, 0.29) is 24.2 Å². The molecule has 3 rings (SSSR count). The molecule has 0 fully saturated rings. The zero-order valence-corrected chi connectivity index (χ0v) is 10.5. The molecular formula is C16H11Br. The summed E-state index contributed by atoms with van der Waals surface area (Å²) in [7, 11) is 0. The van der Waals surface area contributed by atoms with Crippen LogP contribution in [0.3, 0.4) is 0 Å². The molecule has 0 N–H and O–H groups in total. The third-order valence-corrected chi connectivity index (χ3v) is 3.30. The third-order valence-electron chi connectivity index (χ3n) is 2.70. The summed E-state index contributed by atoms with van der Waals surface area (Å²) >= 11 is 3.33. The van der Waals surface area contributed by atoms with Crippen LogP contribution in [0, 0.1) is 0 Å². The Kier molecular flexibility index (Phi) is 1.78. The van der Waals surface area contributed by atoms with Crippen molar-refractivity contribution in [2.24, 2.45) is 0 Å². The van der Waals surface area contributed by atoms with Crippen molar-refractivity contribution in [2.45, 2.75) is 0 Å². The molecule has 82 valence electrons. The maximum absolute atomic E-state index is 8.17. The summed E-state index contributed by atoms with van der Waals surface area (Å²) in [5.74, 6) is 0. The fourth-order valence-electron chi connectivity index (χ4n) is 1.93. The zero-order valence-electron chi connectivity index (χ0n) is 12.9. The number of hydrogen-bond donors (Lipinski definition) is 0. The Morgan fingerprint density at radius 3 is 2.53 bits per heavy atom. The molecule has 3 aromatic carbocycles. The van der Waals surface area contributed by atoms with Gasteiger partial charge in [0.05, 0.1) is 5.48 Å². The molecule has 0 aliphatic carbocycles. The lowest BCUT2D eigenvalue weighted by Gasteiger charge is -2.08. The van der Waals surface area contributed by atoms with E-state index in [9.17, 15) is 0 Å². The molecule has 0 saturated carbocycles. The highest BCUT2D eigenvalue weighted by Crippen LogP contribution is 2.33. The van der Waals surface area contributed by atoms with E-state index in [4.69, 9.17) is 5.48 Å². The maximum Gasteiger partial charge on any atom is 0.0635 e. The van der Waals surface area contributed by atoms with E-state index >= 15 is 0 Å². The van der Waals surface area contributed by atoms with Crippen molar-refractivity contribution in [3.63, 3.8) is 0 Å². The van der Waals surface area contributed by atoms with E-state index in [2.05, 4.69) is 15.9 Å². The second-order valence-corrected chi connectivity index (χ2v) is 4.51. The monoisotopic (exact) mass is 286 g/mol. The minimum Gasteiger partial charge on any atom is -0.0616 e. The van der Waals surface area contributed by atoms with E-state index < -0.39 is 0 Å². The molecule has 3 aromatic rings. The van der Waals surface area contributed by atoms with Crippen LogP contribution in [-0.4, -0.2) is 0 Å². The van der Waals surface area contributed by atoms with Gasteiger partial charge in [-0.2, -0.15) is 0 Å². The average molecular weight is 287 g/mol. The number of rotatable bonds is 1. The molecule has 17 heavy (non-hydrogen) atoms. The van der Waals surface area contributed by atoms with Crippen LogP contribution in [0.15, 0.2) is 71.1 Å². The van der Waals surface area contributed by atoms with Gasteiger partial charge in [-0.15, -0.1) is 0 Å². The fourth-order valence-corrected chi connectivity index (χ4v) is 2.34. The minimum atomic E-state index is -0.226. The first-order valence-corrected chi connectivity index (χ1v) is 6.05. The summed E-state index contributed by atoms with van der Waals surface area (Å²) in [6.07, 6.45) is 0. The SMILES string of the molecule is [2H]c1c([2H])c([2H])c(-c2cccc3ccccc23)c(Br)c1[2H]. The van der Waals surface area contributed by atoms with Gasteiger partial charge in [0.15, 0.2) is 0 Å². The highest BCUT2D eigenvalue weighted by atomic mass is 79.9. The van der Waals surface area contributed by atoms with Crippen molar-refractivity contribution >= 4 is 26.7 Å². The molecule has 0 aromatic heterocycles. The van der Waals surface area contributed by atoms with Gasteiger partial charge in [0.1, 0.15) is 0 Å². The van der Waals surface area contributed by atoms with Crippen molar-refractivity contribution in [1.82, 2.24) is 0 Å². The van der Waals surface area contributed by atoms with E-state index in [1.807, 2.05) is 42.5 Å². The highest BCUT2D eigenvalue weighted by molar-refractivity contribution is 9.10. The predicted octanol–water partition coefficient (Wildman–Crippen LogP) is 5.27. The summed E-state index contributed by atoms with van der Waals surface area (Å²) < 4.78 is 32.1. The zero-order chi connectivity index (χ0) is 15.1. The Hall–Kier alpha value is -1.60. The van der Waals surface area contributed by atoms with Crippen LogP contribution in [0.5, 0.6) is 0 Å². The standard InChI is InChI=1S/C16H11Br/c17-16-11-4-3-9-15(16)14-10-5-7-12-6-1-2-8-13(12)14/h1-11H/i3D,4D,9D,11D. The quantitative estimate of drug-likeness (QED) is 0.572. The molecule has 0 spiro atoms. The Labute approximate surface area is 115 Å². The maximum atomic E-state index is 8.17. The second kappa shape index (κ2) is 4.34. The van der Waals surface area contributed by atoms with Gasteiger partial charge in [-0.1, -0.05) is 76.5 Å². The van der Waals surface area contributed by atoms with Gasteiger partial charge in [-0.25, -0.2) is 0 Å². The van der Waals surface area contributed by atoms with Crippen molar-refractivity contribution in [3.05, 3.63) is 71.1 Å². The lowest BCUT2D eigenvalue weighted by atomic mass is 9.98. The number of fused-ring (bicyclic) bond motifs is 1. The van der Waals surface area contributed by atoms with Crippen LogP contribution in [0.1, 0.15) is 5.48 Å². The van der Waals surface area contributed by atoms with E-state index in [0.29, 0.717) is 10.0 Å². The molecular weight excluding hydrogens is 272 g/mol. The van der Waals surface area contributed by atoms with Crippen LogP contribution < -0.4 is 0 Å². The van der Waals surface area contributed by atoms with Crippen LogP contribution in [0.25, 0.3) is 21.9 Å². The number of hydrogen-bond acceptors (Lipinski definition) is 0. The molecule has 0 radical (unpaired) electrons.